The van der Waals surface area contributed by atoms with E-state index in [2.05, 4.69) is 15.5 Å². The molecule has 0 aliphatic carbocycles. The van der Waals surface area contributed by atoms with Crippen LogP contribution in [-0.4, -0.2) is 44.9 Å². The van der Waals surface area contributed by atoms with Gasteiger partial charge in [0, 0.05) is 18.0 Å². The quantitative estimate of drug-likeness (QED) is 0.554. The summed E-state index contributed by atoms with van der Waals surface area (Å²) >= 11 is 0. The smallest absolute Gasteiger partial charge is 0.260 e. The second-order valence-corrected chi connectivity index (χ2v) is 7.18. The number of carbonyl (C=O) groups excluding carboxylic acids is 1. The maximum Gasteiger partial charge on any atom is 0.260 e. The number of aromatic nitrogens is 1. The van der Waals surface area contributed by atoms with E-state index in [-0.39, 0.29) is 0 Å². The number of ether oxygens (including phenoxy) is 1. The van der Waals surface area contributed by atoms with E-state index < -0.39 is 22.5 Å². The fourth-order valence-electron chi connectivity index (χ4n) is 2.07. The van der Waals surface area contributed by atoms with Crippen LogP contribution in [0.2, 0.25) is 0 Å². The van der Waals surface area contributed by atoms with Crippen LogP contribution < -0.4 is 14.5 Å². The zero-order valence-corrected chi connectivity index (χ0v) is 15.3. The Morgan fingerprint density at radius 3 is 2.62 bits per heavy atom. The van der Waals surface area contributed by atoms with E-state index >= 15 is 0 Å². The Morgan fingerprint density at radius 1 is 1.31 bits per heavy atom. The number of carbonyl (C=O) groups is 1. The van der Waals surface area contributed by atoms with Crippen LogP contribution in [0.5, 0.6) is 5.75 Å². The van der Waals surface area contributed by atoms with Crippen LogP contribution in [0.15, 0.2) is 53.9 Å². The average Bonchev–Trinajstić information content (AvgIpc) is 2.61. The second kappa shape index (κ2) is 8.95. The van der Waals surface area contributed by atoms with E-state index in [1.807, 2.05) is 6.92 Å². The highest BCUT2D eigenvalue weighted by molar-refractivity contribution is 7.92. The minimum atomic E-state index is -3.65. The highest BCUT2D eigenvalue weighted by Gasteiger charge is 2.20. The molecule has 0 atom stereocenters. The van der Waals surface area contributed by atoms with Gasteiger partial charge in [-0.05, 0) is 37.3 Å². The molecule has 138 valence electrons. The summed E-state index contributed by atoms with van der Waals surface area (Å²) in [5.74, 6) is 0.0553. The summed E-state index contributed by atoms with van der Waals surface area (Å²) in [6.45, 7) is 1.97. The Labute approximate surface area is 152 Å². The number of nitrogens with one attached hydrogen (secondary N) is 1. The first kappa shape index (κ1) is 19.4. The number of nitrogens with zero attached hydrogens (tertiary/aromatic N) is 3. The molecule has 0 saturated heterocycles. The fraction of sp³-hybridized carbons (Fsp3) is 0.235. The second-order valence-electron chi connectivity index (χ2n) is 5.28. The lowest BCUT2D eigenvalue weighted by atomic mass is 10.3. The maximum atomic E-state index is 12.1. The number of hydrogen-bond donors (Lipinski definition) is 1. The predicted octanol–water partition coefficient (Wildman–Crippen LogP) is 1.40. The molecule has 26 heavy (non-hydrogen) atoms. The van der Waals surface area contributed by atoms with Gasteiger partial charge in [-0.2, -0.15) is 5.10 Å². The first-order chi connectivity index (χ1) is 12.4. The van der Waals surface area contributed by atoms with E-state index in [1.54, 1.807) is 48.8 Å². The topological polar surface area (TPSA) is 101 Å². The highest BCUT2D eigenvalue weighted by Crippen LogP contribution is 2.21. The van der Waals surface area contributed by atoms with Crippen molar-refractivity contribution in [1.29, 1.82) is 0 Å². The van der Waals surface area contributed by atoms with Crippen molar-refractivity contribution in [3.8, 4) is 5.75 Å². The third kappa shape index (κ3) is 5.85. The van der Waals surface area contributed by atoms with Crippen LogP contribution in [0, 0.1) is 0 Å². The molecule has 2 rings (SSSR count). The van der Waals surface area contributed by atoms with Crippen molar-refractivity contribution < 1.29 is 17.9 Å². The number of sulfonamides is 1. The van der Waals surface area contributed by atoms with Gasteiger partial charge in [-0.1, -0.05) is 6.07 Å². The van der Waals surface area contributed by atoms with E-state index in [0.717, 1.165) is 10.6 Å². The number of amides is 1. The van der Waals surface area contributed by atoms with Crippen LogP contribution in [0.4, 0.5) is 5.69 Å². The lowest BCUT2D eigenvalue weighted by molar-refractivity contribution is -0.119. The van der Waals surface area contributed by atoms with Gasteiger partial charge in [0.15, 0.2) is 0 Å². The number of hydrogen-bond acceptors (Lipinski definition) is 6. The molecule has 0 radical (unpaired) electrons. The van der Waals surface area contributed by atoms with E-state index in [0.29, 0.717) is 23.6 Å². The first-order valence-electron chi connectivity index (χ1n) is 7.82. The molecule has 0 saturated carbocycles. The van der Waals surface area contributed by atoms with Gasteiger partial charge in [0.1, 0.15) is 12.3 Å². The van der Waals surface area contributed by atoms with Gasteiger partial charge in [-0.3, -0.25) is 14.1 Å². The van der Waals surface area contributed by atoms with E-state index in [4.69, 9.17) is 4.74 Å². The van der Waals surface area contributed by atoms with Gasteiger partial charge in [0.05, 0.1) is 24.8 Å². The largest absolute Gasteiger partial charge is 0.494 e. The normalized spacial score (nSPS) is 11.3. The summed E-state index contributed by atoms with van der Waals surface area (Å²) in [6, 6.07) is 9.97. The Bertz CT molecular complexity index is 852. The summed E-state index contributed by atoms with van der Waals surface area (Å²) in [7, 11) is -3.65. The predicted molar refractivity (Wildman–Crippen MR) is 99.8 cm³/mol. The Hall–Kier alpha value is -2.94. The van der Waals surface area contributed by atoms with Crippen molar-refractivity contribution in [2.24, 2.45) is 5.10 Å². The number of rotatable bonds is 8. The Kier molecular flexibility index (Phi) is 6.67. The summed E-state index contributed by atoms with van der Waals surface area (Å²) in [4.78, 5) is 16.0. The maximum absolute atomic E-state index is 12.1. The summed E-state index contributed by atoms with van der Waals surface area (Å²) in [5, 5.41) is 3.80. The van der Waals surface area contributed by atoms with Crippen LogP contribution in [0.3, 0.4) is 0 Å². The zero-order valence-electron chi connectivity index (χ0n) is 14.5. The minimum absolute atomic E-state index is 0.363. The van der Waals surface area contributed by atoms with Gasteiger partial charge >= 0.3 is 0 Å². The molecule has 0 aliphatic heterocycles. The third-order valence-electron chi connectivity index (χ3n) is 3.21. The Balaban J connectivity index is 2.05. The molecule has 0 bridgehead atoms. The van der Waals surface area contributed by atoms with Crippen molar-refractivity contribution >= 4 is 27.8 Å². The van der Waals surface area contributed by atoms with Crippen molar-refractivity contribution in [2.45, 2.75) is 6.92 Å². The SMILES string of the molecule is CCOc1ccc(N(CC(=O)N/N=C\c2cccnc2)S(C)(=O)=O)cc1. The number of benzene rings is 1. The summed E-state index contributed by atoms with van der Waals surface area (Å²) in [5.41, 5.74) is 3.38. The molecule has 8 nitrogen and oxygen atoms in total. The highest BCUT2D eigenvalue weighted by atomic mass is 32.2. The zero-order chi connectivity index (χ0) is 19.0. The Morgan fingerprint density at radius 2 is 2.04 bits per heavy atom. The van der Waals surface area contributed by atoms with Crippen molar-refractivity contribution in [2.75, 3.05) is 23.7 Å². The molecule has 2 aromatic rings. The molecule has 1 N–H and O–H groups in total. The first-order valence-corrected chi connectivity index (χ1v) is 9.67. The fourth-order valence-corrected chi connectivity index (χ4v) is 2.93. The molecule has 1 amide bonds. The molecule has 1 aromatic carbocycles. The number of pyridine rings is 1. The average molecular weight is 376 g/mol. The van der Waals surface area contributed by atoms with Gasteiger partial charge in [0.2, 0.25) is 10.0 Å². The lowest BCUT2D eigenvalue weighted by Crippen LogP contribution is -2.39. The molecule has 0 unspecified atom stereocenters. The molecule has 1 aromatic heterocycles. The molecule has 0 spiro atoms. The van der Waals surface area contributed by atoms with Crippen LogP contribution in [0.1, 0.15) is 12.5 Å². The van der Waals surface area contributed by atoms with E-state index in [1.165, 1.54) is 6.21 Å². The minimum Gasteiger partial charge on any atom is -0.494 e. The summed E-state index contributed by atoms with van der Waals surface area (Å²) < 4.78 is 30.4. The van der Waals surface area contributed by atoms with Crippen LogP contribution in [-0.2, 0) is 14.8 Å². The molecule has 0 aliphatic rings. The number of anilines is 1. The molecular weight excluding hydrogens is 356 g/mol. The number of hydrazone groups is 1. The summed E-state index contributed by atoms with van der Waals surface area (Å²) in [6.07, 6.45) is 5.66. The lowest BCUT2D eigenvalue weighted by Gasteiger charge is -2.21. The van der Waals surface area contributed by atoms with Crippen molar-refractivity contribution in [1.82, 2.24) is 10.4 Å². The van der Waals surface area contributed by atoms with Crippen LogP contribution >= 0.6 is 0 Å². The monoisotopic (exact) mass is 376 g/mol. The van der Waals surface area contributed by atoms with Crippen LogP contribution in [0.25, 0.3) is 0 Å². The third-order valence-corrected chi connectivity index (χ3v) is 4.35. The molecule has 9 heteroatoms. The van der Waals surface area contributed by atoms with Gasteiger partial charge in [-0.15, -0.1) is 0 Å². The van der Waals surface area contributed by atoms with Gasteiger partial charge in [-0.25, -0.2) is 13.8 Å². The van der Waals surface area contributed by atoms with E-state index in [9.17, 15) is 13.2 Å². The molecule has 1 heterocycles. The van der Waals surface area contributed by atoms with Crippen molar-refractivity contribution in [3.63, 3.8) is 0 Å². The van der Waals surface area contributed by atoms with Gasteiger partial charge < -0.3 is 4.74 Å². The molecule has 0 fully saturated rings. The van der Waals surface area contributed by atoms with Gasteiger partial charge in [0.25, 0.3) is 5.91 Å². The molecular formula is C17H20N4O4S. The van der Waals surface area contributed by atoms with Crippen molar-refractivity contribution in [3.05, 3.63) is 54.4 Å². The standard InChI is InChI=1S/C17H20N4O4S/c1-3-25-16-8-6-15(7-9-16)21(26(2,23)24)13-17(22)20-19-12-14-5-4-10-18-11-14/h4-12H,3,13H2,1-2H3,(H,20,22)/b19-12-.